The van der Waals surface area contributed by atoms with Crippen molar-refractivity contribution in [1.82, 2.24) is 15.1 Å². The number of piperidine rings is 1. The predicted octanol–water partition coefficient (Wildman–Crippen LogP) is 0.741. The summed E-state index contributed by atoms with van der Waals surface area (Å²) in [4.78, 5) is 16.9. The van der Waals surface area contributed by atoms with Crippen LogP contribution in [0.15, 0.2) is 24.3 Å². The number of nitrogens with zero attached hydrogens (tertiary/aromatic N) is 2. The molecule has 1 aromatic carbocycles. The summed E-state index contributed by atoms with van der Waals surface area (Å²) >= 11 is 0. The van der Waals surface area contributed by atoms with E-state index in [1.165, 1.54) is 0 Å². The number of benzene rings is 1. The zero-order valence-electron chi connectivity index (χ0n) is 14.8. The average Bonchev–Trinajstić information content (AvgIpc) is 2.63. The summed E-state index contributed by atoms with van der Waals surface area (Å²) < 4.78 is 23.1. The highest BCUT2D eigenvalue weighted by atomic mass is 32.2. The summed E-state index contributed by atoms with van der Waals surface area (Å²) in [7, 11) is -0.918. The van der Waals surface area contributed by atoms with Crippen molar-refractivity contribution in [2.45, 2.75) is 25.4 Å². The lowest BCUT2D eigenvalue weighted by atomic mass is 10.0. The van der Waals surface area contributed by atoms with Crippen molar-refractivity contribution >= 4 is 15.7 Å². The number of carbonyl (C=O) groups is 1. The number of hydrogen-bond donors (Lipinski definition) is 1. The van der Waals surface area contributed by atoms with Crippen LogP contribution in [0.5, 0.6) is 0 Å². The van der Waals surface area contributed by atoms with Gasteiger partial charge >= 0.3 is 0 Å². The lowest BCUT2D eigenvalue weighted by molar-refractivity contribution is 0.0698. The first kappa shape index (κ1) is 18.4. The fourth-order valence-corrected chi connectivity index (χ4v) is 4.83. The SMILES string of the molecule is CNC1CCCN(C(=O)c2cccc(CN3CCS(=O)(=O)CC3)c2)C1. The second kappa shape index (κ2) is 7.85. The molecule has 7 heteroatoms. The first-order valence-corrected chi connectivity index (χ1v) is 10.8. The number of rotatable bonds is 4. The second-order valence-electron chi connectivity index (χ2n) is 7.01. The Kier molecular flexibility index (Phi) is 5.76. The van der Waals surface area contributed by atoms with Gasteiger partial charge in [0.1, 0.15) is 0 Å². The number of likely N-dealkylation sites (N-methyl/N-ethyl adjacent to an activating group) is 1. The van der Waals surface area contributed by atoms with Crippen LogP contribution in [0.2, 0.25) is 0 Å². The molecule has 2 aliphatic heterocycles. The highest BCUT2D eigenvalue weighted by Crippen LogP contribution is 2.16. The van der Waals surface area contributed by atoms with Crippen molar-refractivity contribution in [3.05, 3.63) is 35.4 Å². The molecule has 1 N–H and O–H groups in total. The Morgan fingerprint density at radius 1 is 1.24 bits per heavy atom. The molecule has 2 heterocycles. The van der Waals surface area contributed by atoms with Crippen LogP contribution in [-0.4, -0.2) is 74.9 Å². The van der Waals surface area contributed by atoms with Gasteiger partial charge in [0.15, 0.2) is 9.84 Å². The van der Waals surface area contributed by atoms with Gasteiger partial charge in [0, 0.05) is 44.3 Å². The number of likely N-dealkylation sites (tertiary alicyclic amines) is 1. The molecule has 3 rings (SSSR count). The molecule has 1 unspecified atom stereocenters. The minimum atomic E-state index is -2.86. The summed E-state index contributed by atoms with van der Waals surface area (Å²) in [6.45, 7) is 3.39. The van der Waals surface area contributed by atoms with Crippen LogP contribution in [0.1, 0.15) is 28.8 Å². The zero-order chi connectivity index (χ0) is 17.9. The maximum absolute atomic E-state index is 12.8. The maximum atomic E-state index is 12.8. The summed E-state index contributed by atoms with van der Waals surface area (Å²) in [5.74, 6) is 0.540. The van der Waals surface area contributed by atoms with E-state index in [9.17, 15) is 13.2 Å². The lowest BCUT2D eigenvalue weighted by Crippen LogP contribution is -2.47. The number of sulfone groups is 1. The van der Waals surface area contributed by atoms with Crippen molar-refractivity contribution in [3.63, 3.8) is 0 Å². The van der Waals surface area contributed by atoms with Crippen molar-refractivity contribution in [1.29, 1.82) is 0 Å². The van der Waals surface area contributed by atoms with Gasteiger partial charge in [-0.3, -0.25) is 9.69 Å². The fourth-order valence-electron chi connectivity index (χ4n) is 3.55. The standard InChI is InChI=1S/C18H27N3O3S/c1-19-17-6-3-7-21(14-17)18(22)16-5-2-4-15(12-16)13-20-8-10-25(23,24)11-9-20/h2,4-5,12,17,19H,3,6-11,13-14H2,1H3. The van der Waals surface area contributed by atoms with Crippen molar-refractivity contribution in [2.24, 2.45) is 0 Å². The van der Waals surface area contributed by atoms with Crippen LogP contribution in [0.25, 0.3) is 0 Å². The first-order valence-electron chi connectivity index (χ1n) is 8.95. The van der Waals surface area contributed by atoms with Gasteiger partial charge < -0.3 is 10.2 Å². The third kappa shape index (κ3) is 4.80. The van der Waals surface area contributed by atoms with Crippen molar-refractivity contribution < 1.29 is 13.2 Å². The Labute approximate surface area is 150 Å². The molecule has 2 saturated heterocycles. The number of nitrogens with one attached hydrogen (secondary N) is 1. The van der Waals surface area contributed by atoms with E-state index in [2.05, 4.69) is 10.2 Å². The minimum Gasteiger partial charge on any atom is -0.337 e. The molecule has 6 nitrogen and oxygen atoms in total. The highest BCUT2D eigenvalue weighted by molar-refractivity contribution is 7.91. The number of carbonyl (C=O) groups excluding carboxylic acids is 1. The smallest absolute Gasteiger partial charge is 0.253 e. The van der Waals surface area contributed by atoms with E-state index < -0.39 is 9.84 Å². The molecule has 0 spiro atoms. The van der Waals surface area contributed by atoms with Crippen LogP contribution in [0, 0.1) is 0 Å². The monoisotopic (exact) mass is 365 g/mol. The number of amides is 1. The largest absolute Gasteiger partial charge is 0.337 e. The molecule has 0 bridgehead atoms. The molecule has 1 amide bonds. The molecule has 2 fully saturated rings. The van der Waals surface area contributed by atoms with Gasteiger partial charge in [-0.2, -0.15) is 0 Å². The van der Waals surface area contributed by atoms with E-state index in [1.807, 2.05) is 36.2 Å². The van der Waals surface area contributed by atoms with Crippen LogP contribution in [0.3, 0.4) is 0 Å². The molecule has 0 saturated carbocycles. The van der Waals surface area contributed by atoms with E-state index in [1.54, 1.807) is 0 Å². The normalized spacial score (nSPS) is 24.2. The summed E-state index contributed by atoms with van der Waals surface area (Å²) in [5, 5.41) is 3.26. The van der Waals surface area contributed by atoms with E-state index in [-0.39, 0.29) is 17.4 Å². The van der Waals surface area contributed by atoms with Crippen LogP contribution >= 0.6 is 0 Å². The summed E-state index contributed by atoms with van der Waals surface area (Å²) in [6, 6.07) is 8.12. The van der Waals surface area contributed by atoms with E-state index in [0.29, 0.717) is 25.7 Å². The molecule has 2 aliphatic rings. The Hall–Kier alpha value is -1.44. The predicted molar refractivity (Wildman–Crippen MR) is 98.4 cm³/mol. The van der Waals surface area contributed by atoms with Crippen LogP contribution in [0.4, 0.5) is 0 Å². The van der Waals surface area contributed by atoms with Crippen molar-refractivity contribution in [2.75, 3.05) is 44.7 Å². The Balaban J connectivity index is 1.64. The Morgan fingerprint density at radius 3 is 2.72 bits per heavy atom. The first-order chi connectivity index (χ1) is 12.0. The molecule has 1 atom stereocenters. The van der Waals surface area contributed by atoms with Gasteiger partial charge in [-0.1, -0.05) is 12.1 Å². The fraction of sp³-hybridized carbons (Fsp3) is 0.611. The summed E-state index contributed by atoms with van der Waals surface area (Å²) in [6.07, 6.45) is 2.14. The third-order valence-electron chi connectivity index (χ3n) is 5.13. The van der Waals surface area contributed by atoms with E-state index >= 15 is 0 Å². The number of hydrogen-bond acceptors (Lipinski definition) is 5. The molecule has 0 radical (unpaired) electrons. The topological polar surface area (TPSA) is 69.7 Å². The molecular formula is C18H27N3O3S. The van der Waals surface area contributed by atoms with Gasteiger partial charge in [-0.15, -0.1) is 0 Å². The molecule has 25 heavy (non-hydrogen) atoms. The lowest BCUT2D eigenvalue weighted by Gasteiger charge is -2.32. The van der Waals surface area contributed by atoms with Gasteiger partial charge in [0.2, 0.25) is 0 Å². The molecular weight excluding hydrogens is 338 g/mol. The van der Waals surface area contributed by atoms with Gasteiger partial charge in [0.25, 0.3) is 5.91 Å². The van der Waals surface area contributed by atoms with Crippen LogP contribution < -0.4 is 5.32 Å². The molecule has 0 aliphatic carbocycles. The van der Waals surface area contributed by atoms with E-state index in [0.717, 1.165) is 37.1 Å². The Bertz CT molecular complexity index is 706. The van der Waals surface area contributed by atoms with Gasteiger partial charge in [-0.25, -0.2) is 8.42 Å². The molecule has 1 aromatic rings. The molecule has 138 valence electrons. The average molecular weight is 365 g/mol. The minimum absolute atomic E-state index is 0.0861. The highest BCUT2D eigenvalue weighted by Gasteiger charge is 2.24. The third-order valence-corrected chi connectivity index (χ3v) is 6.74. The summed E-state index contributed by atoms with van der Waals surface area (Å²) in [5.41, 5.74) is 1.78. The zero-order valence-corrected chi connectivity index (χ0v) is 15.6. The molecule has 0 aromatic heterocycles. The Morgan fingerprint density at radius 2 is 2.00 bits per heavy atom. The van der Waals surface area contributed by atoms with Gasteiger partial charge in [-0.05, 0) is 37.6 Å². The van der Waals surface area contributed by atoms with E-state index in [4.69, 9.17) is 0 Å². The van der Waals surface area contributed by atoms with Gasteiger partial charge in [0.05, 0.1) is 11.5 Å². The maximum Gasteiger partial charge on any atom is 0.253 e. The second-order valence-corrected chi connectivity index (χ2v) is 9.31. The van der Waals surface area contributed by atoms with Crippen molar-refractivity contribution in [3.8, 4) is 0 Å². The quantitative estimate of drug-likeness (QED) is 0.852. The van der Waals surface area contributed by atoms with Crippen LogP contribution in [-0.2, 0) is 16.4 Å².